The zero-order valence-electron chi connectivity index (χ0n) is 17.6. The lowest BCUT2D eigenvalue weighted by molar-refractivity contribution is 0.0747. The van der Waals surface area contributed by atoms with E-state index in [-0.39, 0.29) is 5.91 Å². The summed E-state index contributed by atoms with van der Waals surface area (Å²) in [4.78, 5) is 21.9. The molecule has 1 aliphatic rings. The number of hydrogen-bond donors (Lipinski definition) is 0. The quantitative estimate of drug-likeness (QED) is 0.371. The molecule has 1 fully saturated rings. The van der Waals surface area contributed by atoms with Crippen LogP contribution in [0.1, 0.15) is 15.9 Å². The number of aromatic nitrogens is 1. The SMILES string of the molecule is Cc1ccc(Cl)c2sc(N3CCN(C(=O)c4ccc(Oc5ccccc5)cc4)CC3)nc12. The third kappa shape index (κ3) is 4.16. The molecule has 4 aromatic rings. The van der Waals surface area contributed by atoms with Crippen molar-refractivity contribution in [3.8, 4) is 11.5 Å². The Labute approximate surface area is 195 Å². The van der Waals surface area contributed by atoms with E-state index in [0.717, 1.165) is 44.8 Å². The Bertz CT molecular complexity index is 1210. The van der Waals surface area contributed by atoms with Gasteiger partial charge < -0.3 is 14.5 Å². The molecule has 162 valence electrons. The minimum atomic E-state index is 0.0408. The number of para-hydroxylation sites is 1. The van der Waals surface area contributed by atoms with Crippen molar-refractivity contribution >= 4 is 44.2 Å². The van der Waals surface area contributed by atoms with Gasteiger partial charge in [0.1, 0.15) is 11.5 Å². The van der Waals surface area contributed by atoms with Crippen LogP contribution in [-0.4, -0.2) is 42.0 Å². The number of hydrogen-bond acceptors (Lipinski definition) is 5. The molecule has 1 aliphatic heterocycles. The molecular weight excluding hydrogens is 442 g/mol. The maximum absolute atomic E-state index is 13.0. The van der Waals surface area contributed by atoms with Crippen LogP contribution in [0.3, 0.4) is 0 Å². The Morgan fingerprint density at radius 2 is 1.62 bits per heavy atom. The lowest BCUT2D eigenvalue weighted by Crippen LogP contribution is -2.48. The molecule has 0 radical (unpaired) electrons. The summed E-state index contributed by atoms with van der Waals surface area (Å²) < 4.78 is 6.84. The zero-order chi connectivity index (χ0) is 22.1. The van der Waals surface area contributed by atoms with Crippen molar-refractivity contribution in [3.63, 3.8) is 0 Å². The van der Waals surface area contributed by atoms with Crippen LogP contribution in [0.4, 0.5) is 5.13 Å². The first-order valence-corrected chi connectivity index (χ1v) is 11.7. The van der Waals surface area contributed by atoms with Gasteiger partial charge in [-0.15, -0.1) is 0 Å². The summed E-state index contributed by atoms with van der Waals surface area (Å²) in [5, 5.41) is 1.70. The van der Waals surface area contributed by atoms with Crippen molar-refractivity contribution in [1.29, 1.82) is 0 Å². The second-order valence-electron chi connectivity index (χ2n) is 7.76. The standard InChI is InChI=1S/C25H22ClN3O2S/c1-17-7-12-21(26)23-22(17)27-25(32-23)29-15-13-28(14-16-29)24(30)18-8-10-20(11-9-18)31-19-5-3-2-4-6-19/h2-12H,13-16H2,1H3. The molecule has 0 atom stereocenters. The third-order valence-electron chi connectivity index (χ3n) is 5.60. The number of carbonyl (C=O) groups is 1. The molecule has 0 spiro atoms. The Hall–Kier alpha value is -3.09. The summed E-state index contributed by atoms with van der Waals surface area (Å²) in [7, 11) is 0. The molecule has 2 heterocycles. The average Bonchev–Trinajstić information content (AvgIpc) is 3.29. The predicted octanol–water partition coefficient (Wildman–Crippen LogP) is 6.01. The van der Waals surface area contributed by atoms with Gasteiger partial charge in [0.15, 0.2) is 5.13 Å². The molecule has 1 aromatic heterocycles. The molecule has 0 N–H and O–H groups in total. The van der Waals surface area contributed by atoms with Gasteiger partial charge in [0.25, 0.3) is 5.91 Å². The number of aryl methyl sites for hydroxylation is 1. The second-order valence-corrected chi connectivity index (χ2v) is 9.14. The van der Waals surface area contributed by atoms with Crippen LogP contribution in [-0.2, 0) is 0 Å². The van der Waals surface area contributed by atoms with Gasteiger partial charge in [-0.1, -0.05) is 47.2 Å². The first kappa shape index (κ1) is 20.8. The first-order chi connectivity index (χ1) is 15.6. The number of anilines is 1. The van der Waals surface area contributed by atoms with Crippen molar-refractivity contribution in [3.05, 3.63) is 82.9 Å². The van der Waals surface area contributed by atoms with Crippen LogP contribution >= 0.6 is 22.9 Å². The lowest BCUT2D eigenvalue weighted by Gasteiger charge is -2.34. The molecule has 3 aromatic carbocycles. The van der Waals surface area contributed by atoms with Gasteiger partial charge in [-0.2, -0.15) is 0 Å². The van der Waals surface area contributed by atoms with Crippen molar-refractivity contribution in [2.24, 2.45) is 0 Å². The van der Waals surface area contributed by atoms with Gasteiger partial charge >= 0.3 is 0 Å². The van der Waals surface area contributed by atoms with Crippen molar-refractivity contribution in [1.82, 2.24) is 9.88 Å². The van der Waals surface area contributed by atoms with E-state index >= 15 is 0 Å². The fraction of sp³-hybridized carbons (Fsp3) is 0.200. The molecule has 0 bridgehead atoms. The zero-order valence-corrected chi connectivity index (χ0v) is 19.2. The highest BCUT2D eigenvalue weighted by Gasteiger charge is 2.24. The third-order valence-corrected chi connectivity index (χ3v) is 7.18. The number of carbonyl (C=O) groups excluding carboxylic acids is 1. The maximum Gasteiger partial charge on any atom is 0.253 e. The Kier molecular flexibility index (Phi) is 5.72. The molecular formula is C25H22ClN3O2S. The van der Waals surface area contributed by atoms with Crippen LogP contribution in [0.5, 0.6) is 11.5 Å². The molecule has 0 aliphatic carbocycles. The molecule has 1 amide bonds. The summed E-state index contributed by atoms with van der Waals surface area (Å²) in [6.45, 7) is 4.86. The van der Waals surface area contributed by atoms with E-state index in [9.17, 15) is 4.79 Å². The summed E-state index contributed by atoms with van der Waals surface area (Å²) in [6, 6.07) is 20.9. The fourth-order valence-corrected chi connectivity index (χ4v) is 5.17. The van der Waals surface area contributed by atoms with Gasteiger partial charge in [0, 0.05) is 31.7 Å². The van der Waals surface area contributed by atoms with Crippen LogP contribution < -0.4 is 9.64 Å². The van der Waals surface area contributed by atoms with E-state index in [4.69, 9.17) is 21.3 Å². The smallest absolute Gasteiger partial charge is 0.253 e. The van der Waals surface area contributed by atoms with Crippen LogP contribution in [0.15, 0.2) is 66.7 Å². The van der Waals surface area contributed by atoms with Crippen molar-refractivity contribution < 1.29 is 9.53 Å². The monoisotopic (exact) mass is 463 g/mol. The second kappa shape index (κ2) is 8.81. The number of piperazine rings is 1. The highest BCUT2D eigenvalue weighted by atomic mass is 35.5. The Balaban J connectivity index is 1.23. The Morgan fingerprint density at radius 3 is 2.31 bits per heavy atom. The summed E-state index contributed by atoms with van der Waals surface area (Å²) >= 11 is 7.98. The van der Waals surface area contributed by atoms with Gasteiger partial charge in [0.2, 0.25) is 0 Å². The maximum atomic E-state index is 13.0. The molecule has 0 unspecified atom stereocenters. The number of amides is 1. The number of halogens is 1. The Morgan fingerprint density at radius 1 is 0.938 bits per heavy atom. The lowest BCUT2D eigenvalue weighted by atomic mass is 10.1. The van der Waals surface area contributed by atoms with E-state index < -0.39 is 0 Å². The van der Waals surface area contributed by atoms with Gasteiger partial charge in [-0.25, -0.2) is 4.98 Å². The number of nitrogens with zero attached hydrogens (tertiary/aromatic N) is 3. The largest absolute Gasteiger partial charge is 0.457 e. The minimum Gasteiger partial charge on any atom is -0.457 e. The van der Waals surface area contributed by atoms with Gasteiger partial charge in [-0.05, 0) is 55.0 Å². The molecule has 5 nitrogen and oxygen atoms in total. The molecule has 0 saturated carbocycles. The number of fused-ring (bicyclic) bond motifs is 1. The average molecular weight is 464 g/mol. The minimum absolute atomic E-state index is 0.0408. The van der Waals surface area contributed by atoms with E-state index in [2.05, 4.69) is 11.8 Å². The predicted molar refractivity (Wildman–Crippen MR) is 130 cm³/mol. The van der Waals surface area contributed by atoms with Crippen LogP contribution in [0.25, 0.3) is 10.2 Å². The summed E-state index contributed by atoms with van der Waals surface area (Å²) in [5.74, 6) is 1.52. The van der Waals surface area contributed by atoms with Crippen LogP contribution in [0, 0.1) is 6.92 Å². The summed E-state index contributed by atoms with van der Waals surface area (Å²) in [6.07, 6.45) is 0. The highest BCUT2D eigenvalue weighted by Crippen LogP contribution is 2.36. The van der Waals surface area contributed by atoms with Crippen LogP contribution in [0.2, 0.25) is 5.02 Å². The topological polar surface area (TPSA) is 45.7 Å². The molecule has 32 heavy (non-hydrogen) atoms. The molecule has 7 heteroatoms. The fourth-order valence-electron chi connectivity index (χ4n) is 3.80. The number of benzene rings is 3. The molecule has 1 saturated heterocycles. The van der Waals surface area contributed by atoms with Gasteiger partial charge in [-0.3, -0.25) is 4.79 Å². The van der Waals surface area contributed by atoms with E-state index in [1.807, 2.05) is 71.6 Å². The normalized spacial score (nSPS) is 14.1. The molecule has 5 rings (SSSR count). The number of thiazole rings is 1. The first-order valence-electron chi connectivity index (χ1n) is 10.5. The van der Waals surface area contributed by atoms with E-state index in [0.29, 0.717) is 24.4 Å². The highest BCUT2D eigenvalue weighted by molar-refractivity contribution is 7.22. The summed E-state index contributed by atoms with van der Waals surface area (Å²) in [5.41, 5.74) is 2.76. The van der Waals surface area contributed by atoms with E-state index in [1.54, 1.807) is 11.3 Å². The van der Waals surface area contributed by atoms with E-state index in [1.165, 1.54) is 0 Å². The van der Waals surface area contributed by atoms with Crippen molar-refractivity contribution in [2.75, 3.05) is 31.1 Å². The van der Waals surface area contributed by atoms with Gasteiger partial charge in [0.05, 0.1) is 15.2 Å². The van der Waals surface area contributed by atoms with Crippen molar-refractivity contribution in [2.45, 2.75) is 6.92 Å². The number of rotatable bonds is 4. The number of ether oxygens (including phenoxy) is 1.